The topological polar surface area (TPSA) is 54.7 Å². The SMILES string of the molecule is NCCCCc1c(-c2ccc(Br)c3cccnc23)[nH]c2c(Br)cc(Cl)cc12. The second kappa shape index (κ2) is 7.92. The molecule has 2 aromatic carbocycles. The van der Waals surface area contributed by atoms with Crippen molar-refractivity contribution in [1.29, 1.82) is 0 Å². The van der Waals surface area contributed by atoms with Crippen LogP contribution in [0.25, 0.3) is 33.1 Å². The Labute approximate surface area is 179 Å². The molecule has 138 valence electrons. The largest absolute Gasteiger partial charge is 0.353 e. The quantitative estimate of drug-likeness (QED) is 0.291. The standard InChI is InChI=1S/C21H18Br2ClN3/c22-17-7-6-15(19-14(17)5-3-9-26-19)20-13(4-1-2-8-25)16-10-12(24)11-18(23)21(16)27-20/h3,5-7,9-11,27H,1-2,4,8,25H2. The van der Waals surface area contributed by atoms with Crippen LogP contribution in [0.4, 0.5) is 0 Å². The second-order valence-electron chi connectivity index (χ2n) is 6.53. The van der Waals surface area contributed by atoms with Gasteiger partial charge < -0.3 is 10.7 Å². The predicted octanol–water partition coefficient (Wildman–Crippen LogP) is 6.84. The third-order valence-electron chi connectivity index (χ3n) is 4.80. The lowest BCUT2D eigenvalue weighted by Crippen LogP contribution is -1.99. The van der Waals surface area contributed by atoms with Gasteiger partial charge >= 0.3 is 0 Å². The highest BCUT2D eigenvalue weighted by atomic mass is 79.9. The Hall–Kier alpha value is -1.40. The summed E-state index contributed by atoms with van der Waals surface area (Å²) in [6.45, 7) is 0.699. The zero-order chi connectivity index (χ0) is 19.0. The molecular weight excluding hydrogens is 490 g/mol. The van der Waals surface area contributed by atoms with Gasteiger partial charge in [0.1, 0.15) is 0 Å². The monoisotopic (exact) mass is 505 g/mol. The van der Waals surface area contributed by atoms with Gasteiger partial charge in [-0.25, -0.2) is 0 Å². The van der Waals surface area contributed by atoms with Gasteiger partial charge in [0.05, 0.1) is 16.7 Å². The smallest absolute Gasteiger partial charge is 0.0806 e. The summed E-state index contributed by atoms with van der Waals surface area (Å²) >= 11 is 13.6. The van der Waals surface area contributed by atoms with E-state index < -0.39 is 0 Å². The average molecular weight is 508 g/mol. The van der Waals surface area contributed by atoms with Gasteiger partial charge in [-0.1, -0.05) is 33.6 Å². The van der Waals surface area contributed by atoms with Crippen LogP contribution in [0.15, 0.2) is 51.5 Å². The van der Waals surface area contributed by atoms with Gasteiger partial charge in [0.2, 0.25) is 0 Å². The maximum Gasteiger partial charge on any atom is 0.0806 e. The summed E-state index contributed by atoms with van der Waals surface area (Å²) in [5.41, 5.74) is 11.2. The second-order valence-corrected chi connectivity index (χ2v) is 8.67. The fraction of sp³-hybridized carbons (Fsp3) is 0.190. The number of H-pyrrole nitrogens is 1. The number of benzene rings is 2. The average Bonchev–Trinajstić information content (AvgIpc) is 3.01. The van der Waals surface area contributed by atoms with Crippen LogP contribution in [0.1, 0.15) is 18.4 Å². The predicted molar refractivity (Wildman–Crippen MR) is 121 cm³/mol. The minimum absolute atomic E-state index is 0.699. The van der Waals surface area contributed by atoms with Gasteiger partial charge in [-0.05, 0) is 77.6 Å². The van der Waals surface area contributed by atoms with Crippen molar-refractivity contribution >= 4 is 65.3 Å². The van der Waals surface area contributed by atoms with E-state index >= 15 is 0 Å². The molecule has 3 N–H and O–H groups in total. The van der Waals surface area contributed by atoms with E-state index in [1.54, 1.807) is 0 Å². The Bertz CT molecular complexity index is 1140. The summed E-state index contributed by atoms with van der Waals surface area (Å²) in [4.78, 5) is 8.28. The highest BCUT2D eigenvalue weighted by Gasteiger charge is 2.18. The van der Waals surface area contributed by atoms with Crippen molar-refractivity contribution in [3.05, 3.63) is 62.1 Å². The number of aromatic amines is 1. The minimum atomic E-state index is 0.699. The fourth-order valence-electron chi connectivity index (χ4n) is 3.55. The first-order valence-electron chi connectivity index (χ1n) is 8.83. The summed E-state index contributed by atoms with van der Waals surface area (Å²) in [5.74, 6) is 0. The number of hydrogen-bond acceptors (Lipinski definition) is 2. The number of hydrogen-bond donors (Lipinski definition) is 2. The maximum absolute atomic E-state index is 6.35. The highest BCUT2D eigenvalue weighted by molar-refractivity contribution is 9.11. The van der Waals surface area contributed by atoms with E-state index in [2.05, 4.69) is 60.0 Å². The Kier molecular flexibility index (Phi) is 5.55. The molecule has 3 nitrogen and oxygen atoms in total. The molecule has 4 aromatic rings. The number of nitrogens with two attached hydrogens (primary N) is 1. The van der Waals surface area contributed by atoms with Crippen LogP contribution in [0.5, 0.6) is 0 Å². The van der Waals surface area contributed by atoms with Gasteiger partial charge in [0, 0.05) is 36.5 Å². The van der Waals surface area contributed by atoms with Crippen LogP contribution >= 0.6 is 43.5 Å². The van der Waals surface area contributed by atoms with Crippen molar-refractivity contribution in [2.45, 2.75) is 19.3 Å². The fourth-order valence-corrected chi connectivity index (χ4v) is 4.91. The van der Waals surface area contributed by atoms with Gasteiger partial charge in [-0.2, -0.15) is 0 Å². The number of halogens is 3. The van der Waals surface area contributed by atoms with E-state index in [0.717, 1.165) is 66.3 Å². The number of aromatic nitrogens is 2. The van der Waals surface area contributed by atoms with Gasteiger partial charge in [-0.15, -0.1) is 0 Å². The van der Waals surface area contributed by atoms with Crippen molar-refractivity contribution in [3.63, 3.8) is 0 Å². The van der Waals surface area contributed by atoms with E-state index in [0.29, 0.717) is 6.54 Å². The molecule has 4 rings (SSSR count). The maximum atomic E-state index is 6.35. The van der Waals surface area contributed by atoms with Gasteiger partial charge in [0.25, 0.3) is 0 Å². The Morgan fingerprint density at radius 1 is 1.04 bits per heavy atom. The summed E-state index contributed by atoms with van der Waals surface area (Å²) in [6.07, 6.45) is 4.79. The number of nitrogens with one attached hydrogen (secondary N) is 1. The normalized spacial score (nSPS) is 11.6. The van der Waals surface area contributed by atoms with Crippen molar-refractivity contribution < 1.29 is 0 Å². The van der Waals surface area contributed by atoms with Crippen LogP contribution in [0, 0.1) is 0 Å². The van der Waals surface area contributed by atoms with Crippen LogP contribution in [0.2, 0.25) is 5.02 Å². The molecule has 0 unspecified atom stereocenters. The molecule has 0 aliphatic rings. The zero-order valence-corrected chi connectivity index (χ0v) is 18.5. The lowest BCUT2D eigenvalue weighted by atomic mass is 9.98. The first-order valence-corrected chi connectivity index (χ1v) is 10.8. The lowest BCUT2D eigenvalue weighted by Gasteiger charge is -2.09. The molecule has 0 aliphatic heterocycles. The number of nitrogens with zero attached hydrogens (tertiary/aromatic N) is 1. The number of pyridine rings is 1. The number of unbranched alkanes of at least 4 members (excludes halogenated alkanes) is 1. The van der Waals surface area contributed by atoms with Crippen LogP contribution in [-0.4, -0.2) is 16.5 Å². The molecule has 0 fully saturated rings. The number of fused-ring (bicyclic) bond motifs is 2. The molecule has 0 saturated heterocycles. The van der Waals surface area contributed by atoms with Crippen molar-refractivity contribution in [2.24, 2.45) is 5.73 Å². The van der Waals surface area contributed by atoms with Crippen molar-refractivity contribution in [3.8, 4) is 11.3 Å². The molecule has 27 heavy (non-hydrogen) atoms. The van der Waals surface area contributed by atoms with Crippen LogP contribution < -0.4 is 5.73 Å². The molecule has 0 amide bonds. The van der Waals surface area contributed by atoms with Crippen LogP contribution in [-0.2, 0) is 6.42 Å². The first-order chi connectivity index (χ1) is 13.1. The minimum Gasteiger partial charge on any atom is -0.353 e. The summed E-state index contributed by atoms with van der Waals surface area (Å²) in [6, 6.07) is 12.2. The molecule has 2 heterocycles. The van der Waals surface area contributed by atoms with Gasteiger partial charge in [0.15, 0.2) is 0 Å². The first kappa shape index (κ1) is 18.9. The molecular formula is C21H18Br2ClN3. The Morgan fingerprint density at radius 2 is 1.89 bits per heavy atom. The highest BCUT2D eigenvalue weighted by Crippen LogP contribution is 2.39. The molecule has 0 bridgehead atoms. The van der Waals surface area contributed by atoms with Crippen molar-refractivity contribution in [2.75, 3.05) is 6.54 Å². The summed E-state index contributed by atoms with van der Waals surface area (Å²) in [5, 5.41) is 2.96. The zero-order valence-electron chi connectivity index (χ0n) is 14.5. The van der Waals surface area contributed by atoms with E-state index in [1.807, 2.05) is 24.4 Å². The molecule has 0 atom stereocenters. The van der Waals surface area contributed by atoms with E-state index in [-0.39, 0.29) is 0 Å². The lowest BCUT2D eigenvalue weighted by molar-refractivity contribution is 0.748. The Balaban J connectivity index is 2.00. The third kappa shape index (κ3) is 3.54. The number of rotatable bonds is 5. The van der Waals surface area contributed by atoms with Crippen molar-refractivity contribution in [1.82, 2.24) is 9.97 Å². The van der Waals surface area contributed by atoms with Gasteiger partial charge in [-0.3, -0.25) is 4.98 Å². The molecule has 2 aromatic heterocycles. The number of aryl methyl sites for hydroxylation is 1. The van der Waals surface area contributed by atoms with Crippen LogP contribution in [0.3, 0.4) is 0 Å². The molecule has 0 radical (unpaired) electrons. The van der Waals surface area contributed by atoms with E-state index in [9.17, 15) is 0 Å². The third-order valence-corrected chi connectivity index (χ3v) is 6.33. The summed E-state index contributed by atoms with van der Waals surface area (Å²) < 4.78 is 2.00. The van der Waals surface area contributed by atoms with E-state index in [1.165, 1.54) is 5.56 Å². The summed E-state index contributed by atoms with van der Waals surface area (Å²) in [7, 11) is 0. The molecule has 6 heteroatoms. The molecule has 0 saturated carbocycles. The molecule has 0 spiro atoms. The Morgan fingerprint density at radius 3 is 2.70 bits per heavy atom. The van der Waals surface area contributed by atoms with E-state index in [4.69, 9.17) is 17.3 Å². The molecule has 0 aliphatic carbocycles.